The van der Waals surface area contributed by atoms with E-state index in [9.17, 15) is 4.79 Å². The Kier molecular flexibility index (Phi) is 4.33. The van der Waals surface area contributed by atoms with E-state index in [2.05, 4.69) is 10.5 Å². The summed E-state index contributed by atoms with van der Waals surface area (Å²) >= 11 is 5.42. The Morgan fingerprint density at radius 2 is 2.17 bits per heavy atom. The number of hydrogen-bond donors (Lipinski definition) is 1. The highest BCUT2D eigenvalue weighted by molar-refractivity contribution is 7.80. The summed E-state index contributed by atoms with van der Waals surface area (Å²) in [4.78, 5) is 12.8. The molecule has 1 fully saturated rings. The molecule has 1 amide bonds. The van der Waals surface area contributed by atoms with Crippen molar-refractivity contribution in [2.75, 3.05) is 13.1 Å². The molecule has 0 spiro atoms. The predicted octanol–water partition coefficient (Wildman–Crippen LogP) is 2.02. The van der Waals surface area contributed by atoms with Crippen LogP contribution in [0, 0.1) is 13.8 Å². The van der Waals surface area contributed by atoms with Gasteiger partial charge in [-0.1, -0.05) is 5.16 Å². The van der Waals surface area contributed by atoms with Gasteiger partial charge in [-0.15, -0.1) is 0 Å². The average Bonchev–Trinajstić information content (AvgIpc) is 3.25. The quantitative estimate of drug-likeness (QED) is 0.861. The normalized spacial score (nSPS) is 14.3. The van der Waals surface area contributed by atoms with Crippen LogP contribution in [0.4, 0.5) is 0 Å². The van der Waals surface area contributed by atoms with Gasteiger partial charge in [0.1, 0.15) is 17.1 Å². The molecule has 1 N–H and O–H groups in total. The summed E-state index contributed by atoms with van der Waals surface area (Å²) in [6, 6.07) is 3.69. The van der Waals surface area contributed by atoms with Crippen LogP contribution >= 0.6 is 12.2 Å². The van der Waals surface area contributed by atoms with Gasteiger partial charge in [0.15, 0.2) is 5.11 Å². The molecule has 0 atom stereocenters. The first-order valence-corrected chi connectivity index (χ1v) is 7.81. The summed E-state index contributed by atoms with van der Waals surface area (Å²) in [5.74, 6) is 1.17. The van der Waals surface area contributed by atoms with Gasteiger partial charge in [-0.2, -0.15) is 0 Å². The van der Waals surface area contributed by atoms with Gasteiger partial charge in [0.25, 0.3) is 5.91 Å². The Morgan fingerprint density at radius 1 is 1.39 bits per heavy atom. The third kappa shape index (κ3) is 3.07. The maximum Gasteiger partial charge on any atom is 0.277 e. The Bertz CT molecular complexity index is 691. The van der Waals surface area contributed by atoms with Gasteiger partial charge in [-0.05, 0) is 44.6 Å². The van der Waals surface area contributed by atoms with Crippen molar-refractivity contribution in [1.29, 1.82) is 0 Å². The molecule has 0 saturated carbocycles. The van der Waals surface area contributed by atoms with Crippen molar-refractivity contribution in [2.24, 2.45) is 0 Å². The highest BCUT2D eigenvalue weighted by atomic mass is 32.1. The molecule has 1 aliphatic rings. The number of furan rings is 1. The van der Waals surface area contributed by atoms with Crippen LogP contribution in [-0.2, 0) is 6.54 Å². The SMILES string of the molecule is Cc1noc(C)c1C(=O)N1CCCN1C(=S)NCc1ccco1. The lowest BCUT2D eigenvalue weighted by Gasteiger charge is -2.30. The minimum absolute atomic E-state index is 0.138. The van der Waals surface area contributed by atoms with Gasteiger partial charge in [-0.3, -0.25) is 9.80 Å². The van der Waals surface area contributed by atoms with Crippen LogP contribution in [0.3, 0.4) is 0 Å². The first-order valence-electron chi connectivity index (χ1n) is 7.40. The fraction of sp³-hybridized carbons (Fsp3) is 0.400. The van der Waals surface area contributed by atoms with Gasteiger partial charge in [-0.25, -0.2) is 5.01 Å². The van der Waals surface area contributed by atoms with E-state index in [1.54, 1.807) is 30.1 Å². The number of hydrazine groups is 1. The first kappa shape index (κ1) is 15.5. The second kappa shape index (κ2) is 6.41. The lowest BCUT2D eigenvalue weighted by atomic mass is 10.2. The van der Waals surface area contributed by atoms with Crippen molar-refractivity contribution in [2.45, 2.75) is 26.8 Å². The topological polar surface area (TPSA) is 74.8 Å². The third-order valence-electron chi connectivity index (χ3n) is 3.74. The molecule has 2 aromatic rings. The fourth-order valence-electron chi connectivity index (χ4n) is 2.62. The maximum atomic E-state index is 12.8. The third-order valence-corrected chi connectivity index (χ3v) is 4.10. The predicted molar refractivity (Wildman–Crippen MR) is 86.5 cm³/mol. The zero-order valence-electron chi connectivity index (χ0n) is 13.0. The molecule has 0 unspecified atom stereocenters. The van der Waals surface area contributed by atoms with E-state index in [0.717, 1.165) is 12.2 Å². The smallest absolute Gasteiger partial charge is 0.277 e. The molecule has 122 valence electrons. The number of hydrogen-bond acceptors (Lipinski definition) is 5. The standard InChI is InChI=1S/C15H18N4O3S/c1-10-13(11(2)22-17-10)14(20)18-6-4-7-19(18)15(23)16-9-12-5-3-8-21-12/h3,5,8H,4,6-7,9H2,1-2H3,(H,16,23). The Balaban J connectivity index is 1.70. The summed E-state index contributed by atoms with van der Waals surface area (Å²) in [6.45, 7) is 5.29. The molecule has 0 bridgehead atoms. The van der Waals surface area contributed by atoms with E-state index in [1.807, 2.05) is 12.1 Å². The highest BCUT2D eigenvalue weighted by Crippen LogP contribution is 2.20. The molecular weight excluding hydrogens is 316 g/mol. The van der Waals surface area contributed by atoms with Crippen molar-refractivity contribution in [1.82, 2.24) is 20.5 Å². The number of nitrogens with zero attached hydrogens (tertiary/aromatic N) is 3. The van der Waals surface area contributed by atoms with E-state index in [1.165, 1.54) is 0 Å². The summed E-state index contributed by atoms with van der Waals surface area (Å²) in [7, 11) is 0. The lowest BCUT2D eigenvalue weighted by Crippen LogP contribution is -2.49. The van der Waals surface area contributed by atoms with Gasteiger partial charge in [0.05, 0.1) is 18.5 Å². The lowest BCUT2D eigenvalue weighted by molar-refractivity contribution is 0.0489. The average molecular weight is 334 g/mol. The minimum atomic E-state index is -0.138. The van der Waals surface area contributed by atoms with Crippen LogP contribution < -0.4 is 5.32 Å². The number of amides is 1. The molecular formula is C15H18N4O3S. The molecule has 7 nitrogen and oxygen atoms in total. The summed E-state index contributed by atoms with van der Waals surface area (Å²) in [5, 5.41) is 10.9. The number of thiocarbonyl (C=S) groups is 1. The van der Waals surface area contributed by atoms with Gasteiger partial charge in [0.2, 0.25) is 0 Å². The van der Waals surface area contributed by atoms with E-state index < -0.39 is 0 Å². The number of aromatic nitrogens is 1. The Hall–Kier alpha value is -2.35. The van der Waals surface area contributed by atoms with Crippen molar-refractivity contribution < 1.29 is 13.7 Å². The van der Waals surface area contributed by atoms with Crippen LogP contribution in [-0.4, -0.2) is 39.3 Å². The summed E-state index contributed by atoms with van der Waals surface area (Å²) in [5.41, 5.74) is 1.10. The van der Waals surface area contributed by atoms with Crippen LogP contribution in [0.5, 0.6) is 0 Å². The van der Waals surface area contributed by atoms with Gasteiger partial charge < -0.3 is 14.3 Å². The van der Waals surface area contributed by atoms with Crippen LogP contribution in [0.15, 0.2) is 27.3 Å². The molecule has 0 radical (unpaired) electrons. The second-order valence-electron chi connectivity index (χ2n) is 5.34. The molecule has 23 heavy (non-hydrogen) atoms. The molecule has 3 rings (SSSR count). The summed E-state index contributed by atoms with van der Waals surface area (Å²) < 4.78 is 10.4. The number of aryl methyl sites for hydroxylation is 2. The van der Waals surface area contributed by atoms with Crippen LogP contribution in [0.2, 0.25) is 0 Å². The van der Waals surface area contributed by atoms with Crippen LogP contribution in [0.25, 0.3) is 0 Å². The van der Waals surface area contributed by atoms with Crippen molar-refractivity contribution in [3.05, 3.63) is 41.2 Å². The number of rotatable bonds is 3. The van der Waals surface area contributed by atoms with Gasteiger partial charge in [0, 0.05) is 13.1 Å². The molecule has 8 heteroatoms. The molecule has 2 aromatic heterocycles. The zero-order chi connectivity index (χ0) is 16.4. The maximum absolute atomic E-state index is 12.8. The molecule has 1 aliphatic heterocycles. The van der Waals surface area contributed by atoms with Crippen molar-refractivity contribution in [3.8, 4) is 0 Å². The van der Waals surface area contributed by atoms with E-state index >= 15 is 0 Å². The Morgan fingerprint density at radius 3 is 2.83 bits per heavy atom. The minimum Gasteiger partial charge on any atom is -0.467 e. The summed E-state index contributed by atoms with van der Waals surface area (Å²) in [6.07, 6.45) is 2.47. The van der Waals surface area contributed by atoms with E-state index in [-0.39, 0.29) is 5.91 Å². The molecule has 0 aromatic carbocycles. The van der Waals surface area contributed by atoms with Crippen molar-refractivity contribution >= 4 is 23.2 Å². The molecule has 0 aliphatic carbocycles. The van der Waals surface area contributed by atoms with E-state index in [0.29, 0.717) is 41.8 Å². The molecule has 3 heterocycles. The second-order valence-corrected chi connectivity index (χ2v) is 5.73. The highest BCUT2D eigenvalue weighted by Gasteiger charge is 2.32. The number of carbonyl (C=O) groups is 1. The fourth-order valence-corrected chi connectivity index (χ4v) is 2.88. The van der Waals surface area contributed by atoms with Crippen LogP contribution in [0.1, 0.15) is 34.0 Å². The molecule has 1 saturated heterocycles. The van der Waals surface area contributed by atoms with Crippen molar-refractivity contribution in [3.63, 3.8) is 0 Å². The van der Waals surface area contributed by atoms with E-state index in [4.69, 9.17) is 21.2 Å². The number of nitrogens with one attached hydrogen (secondary N) is 1. The zero-order valence-corrected chi connectivity index (χ0v) is 13.9. The Labute approximate surface area is 139 Å². The number of carbonyl (C=O) groups excluding carboxylic acids is 1. The van der Waals surface area contributed by atoms with Gasteiger partial charge >= 0.3 is 0 Å². The largest absolute Gasteiger partial charge is 0.467 e. The first-order chi connectivity index (χ1) is 11.1. The monoisotopic (exact) mass is 334 g/mol.